The van der Waals surface area contributed by atoms with Crippen LogP contribution in [0.2, 0.25) is 0 Å². The van der Waals surface area contributed by atoms with Crippen molar-refractivity contribution in [3.05, 3.63) is 0 Å². The molecule has 1 saturated carbocycles. The van der Waals surface area contributed by atoms with Gasteiger partial charge in [0.05, 0.1) is 5.60 Å². The molecule has 1 rings (SSSR count). The topological polar surface area (TPSA) is 21.3 Å². The maximum absolute atomic E-state index is 5.96. The lowest BCUT2D eigenvalue weighted by Crippen LogP contribution is -2.53. The van der Waals surface area contributed by atoms with E-state index in [1.807, 2.05) is 14.0 Å². The first-order valence-electron chi connectivity index (χ1n) is 7.36. The molecule has 0 aromatic heterocycles. The van der Waals surface area contributed by atoms with Gasteiger partial charge in [-0.1, -0.05) is 13.8 Å². The summed E-state index contributed by atoms with van der Waals surface area (Å²) in [6.07, 6.45) is 7.00. The van der Waals surface area contributed by atoms with Crippen LogP contribution in [0, 0.1) is 17.8 Å². The summed E-state index contributed by atoms with van der Waals surface area (Å²) in [5.41, 5.74) is 0.0396. The zero-order valence-corrected chi connectivity index (χ0v) is 12.5. The second-order valence-corrected chi connectivity index (χ2v) is 5.53. The van der Waals surface area contributed by atoms with Crippen molar-refractivity contribution in [3.8, 4) is 11.8 Å². The van der Waals surface area contributed by atoms with Gasteiger partial charge >= 0.3 is 0 Å². The molecule has 1 unspecified atom stereocenters. The van der Waals surface area contributed by atoms with E-state index in [-0.39, 0.29) is 5.60 Å². The van der Waals surface area contributed by atoms with E-state index in [9.17, 15) is 0 Å². The molecule has 1 atom stereocenters. The van der Waals surface area contributed by atoms with Crippen molar-refractivity contribution in [1.82, 2.24) is 5.32 Å². The number of nitrogens with one attached hydrogen (secondary N) is 1. The van der Waals surface area contributed by atoms with Gasteiger partial charge in [-0.2, -0.15) is 0 Å². The molecule has 0 saturated heterocycles. The van der Waals surface area contributed by atoms with Crippen LogP contribution >= 0.6 is 0 Å². The van der Waals surface area contributed by atoms with Gasteiger partial charge < -0.3 is 10.1 Å². The molecule has 0 radical (unpaired) electrons. The van der Waals surface area contributed by atoms with Gasteiger partial charge in [0, 0.05) is 19.6 Å². The molecular weight excluding hydrogens is 222 g/mol. The maximum Gasteiger partial charge on any atom is 0.0831 e. The Morgan fingerprint density at radius 2 is 2.06 bits per heavy atom. The zero-order chi connectivity index (χ0) is 13.4. The molecule has 18 heavy (non-hydrogen) atoms. The minimum absolute atomic E-state index is 0.0396. The monoisotopic (exact) mass is 251 g/mol. The van der Waals surface area contributed by atoms with E-state index in [2.05, 4.69) is 31.0 Å². The summed E-state index contributed by atoms with van der Waals surface area (Å²) >= 11 is 0. The smallest absolute Gasteiger partial charge is 0.0831 e. The van der Waals surface area contributed by atoms with E-state index < -0.39 is 0 Å². The summed E-state index contributed by atoms with van der Waals surface area (Å²) < 4.78 is 5.96. The Hall–Kier alpha value is -0.520. The fourth-order valence-electron chi connectivity index (χ4n) is 3.08. The van der Waals surface area contributed by atoms with Crippen LogP contribution in [-0.4, -0.2) is 25.3 Å². The number of methoxy groups -OCH3 is 1. The molecule has 2 heteroatoms. The van der Waals surface area contributed by atoms with Crippen molar-refractivity contribution < 1.29 is 4.74 Å². The largest absolute Gasteiger partial charge is 0.377 e. The highest BCUT2D eigenvalue weighted by Gasteiger charge is 2.40. The van der Waals surface area contributed by atoms with Crippen molar-refractivity contribution in [1.29, 1.82) is 0 Å². The Balaban J connectivity index is 2.68. The molecule has 0 aliphatic heterocycles. The van der Waals surface area contributed by atoms with E-state index in [1.54, 1.807) is 0 Å². The molecule has 104 valence electrons. The van der Waals surface area contributed by atoms with E-state index in [0.29, 0.717) is 6.04 Å². The number of likely N-dealkylation sites (N-methyl/N-ethyl adjacent to an activating group) is 1. The highest BCUT2D eigenvalue weighted by atomic mass is 16.5. The third kappa shape index (κ3) is 4.00. The SMILES string of the molecule is CC#CCCC(NCC)C1(OC)CCC(C)CC1. The summed E-state index contributed by atoms with van der Waals surface area (Å²) in [4.78, 5) is 0. The van der Waals surface area contributed by atoms with E-state index in [1.165, 1.54) is 25.7 Å². The predicted octanol–water partition coefficient (Wildman–Crippen LogP) is 3.36. The Morgan fingerprint density at radius 3 is 2.56 bits per heavy atom. The molecule has 2 nitrogen and oxygen atoms in total. The van der Waals surface area contributed by atoms with Crippen LogP contribution in [-0.2, 0) is 4.74 Å². The molecule has 1 fully saturated rings. The predicted molar refractivity (Wildman–Crippen MR) is 77.5 cm³/mol. The molecule has 0 aromatic carbocycles. The van der Waals surface area contributed by atoms with Crippen LogP contribution in [0.25, 0.3) is 0 Å². The van der Waals surface area contributed by atoms with Gasteiger partial charge in [0.15, 0.2) is 0 Å². The van der Waals surface area contributed by atoms with Crippen molar-refractivity contribution in [3.63, 3.8) is 0 Å². The van der Waals surface area contributed by atoms with Gasteiger partial charge in [-0.25, -0.2) is 0 Å². The lowest BCUT2D eigenvalue weighted by molar-refractivity contribution is -0.0758. The third-order valence-corrected chi connectivity index (χ3v) is 4.35. The Bertz CT molecular complexity index is 281. The Morgan fingerprint density at radius 1 is 1.39 bits per heavy atom. The standard InChI is InChI=1S/C16H29NO/c1-5-7-8-9-15(17-6-2)16(18-4)12-10-14(3)11-13-16/h14-15,17H,6,8-13H2,1-4H3. The fourth-order valence-corrected chi connectivity index (χ4v) is 3.08. The lowest BCUT2D eigenvalue weighted by Gasteiger charge is -2.44. The summed E-state index contributed by atoms with van der Waals surface area (Å²) in [6.45, 7) is 7.44. The van der Waals surface area contributed by atoms with Crippen LogP contribution in [0.1, 0.15) is 59.3 Å². The number of rotatable bonds is 6. The molecule has 1 aliphatic carbocycles. The minimum atomic E-state index is 0.0396. The molecule has 1 N–H and O–H groups in total. The maximum atomic E-state index is 5.96. The second-order valence-electron chi connectivity index (χ2n) is 5.53. The van der Waals surface area contributed by atoms with Crippen molar-refractivity contribution in [2.75, 3.05) is 13.7 Å². The Labute approximate surface area is 113 Å². The van der Waals surface area contributed by atoms with Crippen LogP contribution in [0.5, 0.6) is 0 Å². The third-order valence-electron chi connectivity index (χ3n) is 4.35. The van der Waals surface area contributed by atoms with Gasteiger partial charge in [-0.15, -0.1) is 11.8 Å². The average molecular weight is 251 g/mol. The Kier molecular flexibility index (Phi) is 6.75. The number of hydrogen-bond donors (Lipinski definition) is 1. The lowest BCUT2D eigenvalue weighted by atomic mass is 9.74. The first kappa shape index (κ1) is 15.5. The second kappa shape index (κ2) is 7.81. The zero-order valence-electron chi connectivity index (χ0n) is 12.5. The first-order chi connectivity index (χ1) is 8.68. The van der Waals surface area contributed by atoms with Crippen molar-refractivity contribution >= 4 is 0 Å². The quantitative estimate of drug-likeness (QED) is 0.731. The highest BCUT2D eigenvalue weighted by molar-refractivity contribution is 5.01. The van der Waals surface area contributed by atoms with Crippen molar-refractivity contribution in [2.45, 2.75) is 70.9 Å². The van der Waals surface area contributed by atoms with Gasteiger partial charge in [0.25, 0.3) is 0 Å². The number of ether oxygens (including phenoxy) is 1. The van der Waals surface area contributed by atoms with Gasteiger partial charge in [-0.3, -0.25) is 0 Å². The first-order valence-corrected chi connectivity index (χ1v) is 7.36. The molecule has 0 amide bonds. The van der Waals surface area contributed by atoms with E-state index >= 15 is 0 Å². The fraction of sp³-hybridized carbons (Fsp3) is 0.875. The van der Waals surface area contributed by atoms with E-state index in [0.717, 1.165) is 25.3 Å². The van der Waals surface area contributed by atoms with Crippen LogP contribution in [0.4, 0.5) is 0 Å². The summed E-state index contributed by atoms with van der Waals surface area (Å²) in [6, 6.07) is 0.445. The van der Waals surface area contributed by atoms with Gasteiger partial charge in [0.2, 0.25) is 0 Å². The summed E-state index contributed by atoms with van der Waals surface area (Å²) in [7, 11) is 1.88. The van der Waals surface area contributed by atoms with Crippen LogP contribution in [0.15, 0.2) is 0 Å². The van der Waals surface area contributed by atoms with E-state index in [4.69, 9.17) is 4.74 Å². The molecule has 1 aliphatic rings. The van der Waals surface area contributed by atoms with Crippen LogP contribution < -0.4 is 5.32 Å². The molecular formula is C16H29NO. The molecule has 0 spiro atoms. The van der Waals surface area contributed by atoms with Gasteiger partial charge in [0.1, 0.15) is 0 Å². The normalized spacial score (nSPS) is 29.4. The average Bonchev–Trinajstić information content (AvgIpc) is 2.39. The van der Waals surface area contributed by atoms with Crippen LogP contribution in [0.3, 0.4) is 0 Å². The summed E-state index contributed by atoms with van der Waals surface area (Å²) in [5.74, 6) is 7.02. The highest BCUT2D eigenvalue weighted by Crippen LogP contribution is 2.38. The molecule has 0 bridgehead atoms. The minimum Gasteiger partial charge on any atom is -0.377 e. The summed E-state index contributed by atoms with van der Waals surface area (Å²) in [5, 5.41) is 3.63. The molecule has 0 heterocycles. The molecule has 0 aromatic rings. The van der Waals surface area contributed by atoms with Crippen molar-refractivity contribution in [2.24, 2.45) is 5.92 Å². The number of hydrogen-bond acceptors (Lipinski definition) is 2. The van der Waals surface area contributed by atoms with Gasteiger partial charge in [-0.05, 0) is 51.5 Å².